The molecule has 1 aliphatic rings. The normalized spacial score (nSPS) is 18.9. The first-order valence-electron chi connectivity index (χ1n) is 7.14. The van der Waals surface area contributed by atoms with Gasteiger partial charge in [-0.25, -0.2) is 0 Å². The minimum atomic E-state index is 0.101. The summed E-state index contributed by atoms with van der Waals surface area (Å²) in [5, 5.41) is 11.6. The van der Waals surface area contributed by atoms with Crippen LogP contribution in [0.5, 0.6) is 0 Å². The van der Waals surface area contributed by atoms with Gasteiger partial charge in [-0.05, 0) is 31.2 Å². The standard InChI is InChI=1S/C14H18ClN5O/c15-12-7-17-20(9-12)10-14(21)19-5-1-2-11(8-19)6-13-3-4-16-18-13/h3-4,7,9,11H,1-2,5-6,8,10H2,(H,16,18). The molecule has 2 aromatic heterocycles. The molecule has 0 aliphatic carbocycles. The summed E-state index contributed by atoms with van der Waals surface area (Å²) in [5.74, 6) is 0.591. The number of aromatic amines is 1. The first-order valence-corrected chi connectivity index (χ1v) is 7.52. The zero-order valence-corrected chi connectivity index (χ0v) is 12.5. The third-order valence-corrected chi connectivity index (χ3v) is 4.03. The third-order valence-electron chi connectivity index (χ3n) is 3.84. The number of halogens is 1. The van der Waals surface area contributed by atoms with Crippen LogP contribution in [0.15, 0.2) is 24.7 Å². The Bertz CT molecular complexity index is 594. The van der Waals surface area contributed by atoms with E-state index in [1.165, 1.54) is 0 Å². The fourth-order valence-corrected chi connectivity index (χ4v) is 2.99. The lowest BCUT2D eigenvalue weighted by molar-refractivity contribution is -0.133. The number of nitrogens with zero attached hydrogens (tertiary/aromatic N) is 4. The van der Waals surface area contributed by atoms with E-state index in [4.69, 9.17) is 11.6 Å². The minimum Gasteiger partial charge on any atom is -0.341 e. The topological polar surface area (TPSA) is 66.8 Å². The van der Waals surface area contributed by atoms with Crippen molar-refractivity contribution in [1.29, 1.82) is 0 Å². The molecule has 0 saturated carbocycles. The lowest BCUT2D eigenvalue weighted by Crippen LogP contribution is -2.42. The van der Waals surface area contributed by atoms with Gasteiger partial charge in [-0.15, -0.1) is 0 Å². The molecule has 1 saturated heterocycles. The van der Waals surface area contributed by atoms with Gasteiger partial charge in [0.05, 0.1) is 11.2 Å². The number of hydrogen-bond donors (Lipinski definition) is 1. The molecular formula is C14H18ClN5O. The Kier molecular flexibility index (Phi) is 4.24. The molecule has 1 fully saturated rings. The molecule has 1 atom stereocenters. The van der Waals surface area contributed by atoms with Crippen LogP contribution in [0.25, 0.3) is 0 Å². The highest BCUT2D eigenvalue weighted by molar-refractivity contribution is 6.30. The smallest absolute Gasteiger partial charge is 0.244 e. The predicted octanol–water partition coefficient (Wildman–Crippen LogP) is 1.74. The predicted molar refractivity (Wildman–Crippen MR) is 78.8 cm³/mol. The Morgan fingerprint density at radius 1 is 1.52 bits per heavy atom. The largest absolute Gasteiger partial charge is 0.341 e. The number of likely N-dealkylation sites (tertiary alicyclic amines) is 1. The fraction of sp³-hybridized carbons (Fsp3) is 0.500. The Morgan fingerprint density at radius 2 is 2.43 bits per heavy atom. The van der Waals surface area contributed by atoms with Gasteiger partial charge in [0.15, 0.2) is 0 Å². The van der Waals surface area contributed by atoms with Crippen LogP contribution in [-0.2, 0) is 17.8 Å². The number of H-pyrrole nitrogens is 1. The van der Waals surface area contributed by atoms with Gasteiger partial charge in [-0.3, -0.25) is 14.6 Å². The van der Waals surface area contributed by atoms with Crippen LogP contribution in [-0.4, -0.2) is 43.9 Å². The number of carbonyl (C=O) groups excluding carboxylic acids is 1. The van der Waals surface area contributed by atoms with E-state index in [9.17, 15) is 4.79 Å². The van der Waals surface area contributed by atoms with Crippen molar-refractivity contribution in [1.82, 2.24) is 24.9 Å². The van der Waals surface area contributed by atoms with Crippen molar-refractivity contribution in [2.75, 3.05) is 13.1 Å². The molecule has 7 heteroatoms. The van der Waals surface area contributed by atoms with E-state index in [1.807, 2.05) is 11.0 Å². The van der Waals surface area contributed by atoms with E-state index in [-0.39, 0.29) is 12.5 Å². The van der Waals surface area contributed by atoms with Crippen LogP contribution in [0.3, 0.4) is 0 Å². The van der Waals surface area contributed by atoms with Gasteiger partial charge in [0.2, 0.25) is 5.91 Å². The van der Waals surface area contributed by atoms with E-state index in [1.54, 1.807) is 23.3 Å². The van der Waals surface area contributed by atoms with Crippen molar-refractivity contribution in [2.24, 2.45) is 5.92 Å². The number of nitrogens with one attached hydrogen (secondary N) is 1. The number of amides is 1. The van der Waals surface area contributed by atoms with Crippen LogP contribution in [0, 0.1) is 5.92 Å². The van der Waals surface area contributed by atoms with Gasteiger partial charge in [0, 0.05) is 31.2 Å². The van der Waals surface area contributed by atoms with Gasteiger partial charge >= 0.3 is 0 Å². The van der Waals surface area contributed by atoms with Crippen molar-refractivity contribution in [2.45, 2.75) is 25.8 Å². The van der Waals surface area contributed by atoms with Crippen LogP contribution >= 0.6 is 11.6 Å². The monoisotopic (exact) mass is 307 g/mol. The fourth-order valence-electron chi connectivity index (χ4n) is 2.83. The zero-order chi connectivity index (χ0) is 14.7. The van der Waals surface area contributed by atoms with E-state index in [0.29, 0.717) is 10.9 Å². The summed E-state index contributed by atoms with van der Waals surface area (Å²) in [6.45, 7) is 1.88. The van der Waals surface area contributed by atoms with Crippen LogP contribution in [0.2, 0.25) is 5.02 Å². The van der Waals surface area contributed by atoms with Gasteiger partial charge in [-0.1, -0.05) is 11.6 Å². The van der Waals surface area contributed by atoms with Crippen LogP contribution in [0.4, 0.5) is 0 Å². The van der Waals surface area contributed by atoms with E-state index < -0.39 is 0 Å². The molecule has 3 rings (SSSR count). The molecule has 3 heterocycles. The summed E-state index contributed by atoms with van der Waals surface area (Å²) in [5.41, 5.74) is 1.13. The molecule has 0 aromatic carbocycles. The second-order valence-electron chi connectivity index (χ2n) is 5.49. The third kappa shape index (κ3) is 3.64. The summed E-state index contributed by atoms with van der Waals surface area (Å²) in [7, 11) is 0. The lowest BCUT2D eigenvalue weighted by atomic mass is 9.93. The number of piperidine rings is 1. The molecule has 0 radical (unpaired) electrons. The minimum absolute atomic E-state index is 0.101. The quantitative estimate of drug-likeness (QED) is 0.935. The highest BCUT2D eigenvalue weighted by Crippen LogP contribution is 2.20. The molecule has 6 nitrogen and oxygen atoms in total. The van der Waals surface area contributed by atoms with Gasteiger partial charge in [0.25, 0.3) is 0 Å². The van der Waals surface area contributed by atoms with Gasteiger partial charge < -0.3 is 4.90 Å². The Morgan fingerprint density at radius 3 is 3.14 bits per heavy atom. The van der Waals surface area contributed by atoms with E-state index in [2.05, 4.69) is 15.3 Å². The van der Waals surface area contributed by atoms with Crippen LogP contribution < -0.4 is 0 Å². The maximum Gasteiger partial charge on any atom is 0.244 e. The highest BCUT2D eigenvalue weighted by atomic mass is 35.5. The maximum atomic E-state index is 12.3. The summed E-state index contributed by atoms with van der Waals surface area (Å²) >= 11 is 5.81. The molecule has 1 N–H and O–H groups in total. The first-order chi connectivity index (χ1) is 10.2. The molecule has 1 unspecified atom stereocenters. The summed E-state index contributed by atoms with van der Waals surface area (Å²) in [4.78, 5) is 14.3. The van der Waals surface area contributed by atoms with Crippen molar-refractivity contribution in [3.63, 3.8) is 0 Å². The SMILES string of the molecule is O=C(Cn1cc(Cl)cn1)N1CCCC(Cc2ccn[nH]2)C1. The average molecular weight is 308 g/mol. The first kappa shape index (κ1) is 14.1. The molecule has 1 amide bonds. The average Bonchev–Trinajstić information content (AvgIpc) is 3.11. The summed E-state index contributed by atoms with van der Waals surface area (Å²) in [6, 6.07) is 1.99. The van der Waals surface area contributed by atoms with Crippen molar-refractivity contribution in [3.8, 4) is 0 Å². The second-order valence-corrected chi connectivity index (χ2v) is 5.93. The maximum absolute atomic E-state index is 12.3. The van der Waals surface area contributed by atoms with Crippen molar-refractivity contribution in [3.05, 3.63) is 35.4 Å². The van der Waals surface area contributed by atoms with Gasteiger partial charge in [-0.2, -0.15) is 10.2 Å². The molecule has 112 valence electrons. The van der Waals surface area contributed by atoms with Crippen LogP contribution in [0.1, 0.15) is 18.5 Å². The Labute approximate surface area is 128 Å². The lowest BCUT2D eigenvalue weighted by Gasteiger charge is -2.32. The molecule has 21 heavy (non-hydrogen) atoms. The Hall–Kier alpha value is -1.82. The molecule has 0 bridgehead atoms. The molecule has 1 aliphatic heterocycles. The zero-order valence-electron chi connectivity index (χ0n) is 11.7. The molecule has 0 spiro atoms. The number of aromatic nitrogens is 4. The van der Waals surface area contributed by atoms with E-state index in [0.717, 1.165) is 38.0 Å². The van der Waals surface area contributed by atoms with Crippen molar-refractivity contribution >= 4 is 17.5 Å². The van der Waals surface area contributed by atoms with Crippen molar-refractivity contribution < 1.29 is 4.79 Å². The molecule has 2 aromatic rings. The number of hydrogen-bond acceptors (Lipinski definition) is 3. The van der Waals surface area contributed by atoms with E-state index >= 15 is 0 Å². The summed E-state index contributed by atoms with van der Waals surface area (Å²) in [6.07, 6.45) is 8.12. The second kappa shape index (κ2) is 6.30. The summed E-state index contributed by atoms with van der Waals surface area (Å²) < 4.78 is 1.59. The van der Waals surface area contributed by atoms with Gasteiger partial charge in [0.1, 0.15) is 6.54 Å². The number of carbonyl (C=O) groups is 1. The Balaban J connectivity index is 1.56. The number of rotatable bonds is 4. The molecular weight excluding hydrogens is 290 g/mol. The highest BCUT2D eigenvalue weighted by Gasteiger charge is 2.24.